The lowest BCUT2D eigenvalue weighted by molar-refractivity contribution is 0.181. The van der Waals surface area contributed by atoms with Gasteiger partial charge in [-0.3, -0.25) is 0 Å². The Morgan fingerprint density at radius 2 is 1.29 bits per heavy atom. The molecule has 1 heterocycles. The molecule has 5 aliphatic carbocycles. The summed E-state index contributed by atoms with van der Waals surface area (Å²) in [5.41, 5.74) is 13.1. The van der Waals surface area contributed by atoms with Crippen LogP contribution in [0.3, 0.4) is 0 Å². The van der Waals surface area contributed by atoms with Crippen LogP contribution in [0.25, 0.3) is 11.1 Å². The monoisotopic (exact) mass is 657 g/mol. The molecule has 49 heavy (non-hydrogen) atoms. The van der Waals surface area contributed by atoms with E-state index in [0.29, 0.717) is 0 Å². The summed E-state index contributed by atoms with van der Waals surface area (Å²) in [6.45, 7) is 9.75. The van der Waals surface area contributed by atoms with Crippen molar-refractivity contribution in [2.45, 2.75) is 92.3 Å². The molecular formula is C47H47NS. The second-order valence-corrected chi connectivity index (χ2v) is 18.3. The van der Waals surface area contributed by atoms with Gasteiger partial charge >= 0.3 is 0 Å². The molecule has 5 unspecified atom stereocenters. The van der Waals surface area contributed by atoms with Crippen LogP contribution in [-0.4, -0.2) is 0 Å². The zero-order chi connectivity index (χ0) is 33.1. The maximum atomic E-state index is 2.68. The minimum Gasteiger partial charge on any atom is -0.310 e. The number of hydrogen-bond acceptors (Lipinski definition) is 2. The first-order valence-corrected chi connectivity index (χ1v) is 19.6. The van der Waals surface area contributed by atoms with Crippen LogP contribution in [0.5, 0.6) is 0 Å². The fourth-order valence-corrected chi connectivity index (χ4v) is 12.8. The van der Waals surface area contributed by atoms with E-state index in [0.717, 1.165) is 23.7 Å². The van der Waals surface area contributed by atoms with Crippen molar-refractivity contribution in [3.63, 3.8) is 0 Å². The van der Waals surface area contributed by atoms with E-state index >= 15 is 0 Å². The SMILES string of the molecule is CC1(C)CCC(C)(C)c2cc(N(c3ccccc3)c3cc4c(cc3-c3ccccc3)C3(c5ccccc5S4)C4CC5CC(C4)C3C5)ccc21. The Kier molecular flexibility index (Phi) is 6.53. The molecule has 5 aromatic carbocycles. The van der Waals surface area contributed by atoms with E-state index in [-0.39, 0.29) is 16.2 Å². The average molecular weight is 658 g/mol. The second kappa shape index (κ2) is 10.6. The zero-order valence-electron chi connectivity index (χ0n) is 29.4. The van der Waals surface area contributed by atoms with Crippen molar-refractivity contribution < 1.29 is 0 Å². The number of rotatable bonds is 4. The Morgan fingerprint density at radius 1 is 0.571 bits per heavy atom. The molecule has 1 aliphatic heterocycles. The molecule has 11 rings (SSSR count). The van der Waals surface area contributed by atoms with Gasteiger partial charge in [-0.1, -0.05) is 112 Å². The molecule has 0 aromatic heterocycles. The summed E-state index contributed by atoms with van der Waals surface area (Å²) in [4.78, 5) is 5.51. The van der Waals surface area contributed by atoms with E-state index < -0.39 is 0 Å². The molecule has 4 fully saturated rings. The fourth-order valence-electron chi connectivity index (χ4n) is 11.5. The molecule has 0 radical (unpaired) electrons. The van der Waals surface area contributed by atoms with Crippen molar-refractivity contribution in [3.05, 3.63) is 138 Å². The Bertz CT molecular complexity index is 2090. The van der Waals surface area contributed by atoms with Gasteiger partial charge in [-0.15, -0.1) is 0 Å². The van der Waals surface area contributed by atoms with E-state index in [2.05, 4.69) is 148 Å². The summed E-state index contributed by atoms with van der Waals surface area (Å²) in [6.07, 6.45) is 8.08. The summed E-state index contributed by atoms with van der Waals surface area (Å²) in [7, 11) is 0. The van der Waals surface area contributed by atoms with Gasteiger partial charge in [-0.25, -0.2) is 0 Å². The number of hydrogen-bond donors (Lipinski definition) is 0. The molecule has 0 saturated heterocycles. The molecule has 0 N–H and O–H groups in total. The summed E-state index contributed by atoms with van der Waals surface area (Å²) in [5.74, 6) is 3.30. The molecule has 4 bridgehead atoms. The molecule has 4 saturated carbocycles. The van der Waals surface area contributed by atoms with E-state index in [9.17, 15) is 0 Å². The Morgan fingerprint density at radius 3 is 2.06 bits per heavy atom. The van der Waals surface area contributed by atoms with Gasteiger partial charge in [0.15, 0.2) is 0 Å². The number of para-hydroxylation sites is 1. The second-order valence-electron chi connectivity index (χ2n) is 17.2. The quantitative estimate of drug-likeness (QED) is 0.189. The largest absolute Gasteiger partial charge is 0.310 e. The Labute approximate surface area is 297 Å². The van der Waals surface area contributed by atoms with Crippen LogP contribution in [-0.2, 0) is 16.2 Å². The standard InChI is InChI=1S/C47H47NS/c1-45(2)21-22-46(3,4)40-27-35(19-20-37(40)45)48(34-15-9-6-10-16-34)42-29-44-41(28-36(42)31-13-7-5-8-14-31)47(38-17-11-12-18-43(38)49-44)33-24-30-23-32(26-33)39(47)25-30/h5-20,27-30,32-33,39H,21-26H2,1-4H3. The van der Waals surface area contributed by atoms with Crippen molar-refractivity contribution in [2.24, 2.45) is 23.7 Å². The Hall–Kier alpha value is -3.75. The lowest BCUT2D eigenvalue weighted by atomic mass is 9.57. The van der Waals surface area contributed by atoms with Gasteiger partial charge in [-0.05, 0) is 143 Å². The van der Waals surface area contributed by atoms with Crippen LogP contribution in [0.2, 0.25) is 0 Å². The summed E-state index contributed by atoms with van der Waals surface area (Å²) in [6, 6.07) is 44.5. The molecule has 5 aromatic rings. The molecule has 1 spiro atoms. The van der Waals surface area contributed by atoms with Gasteiger partial charge in [0.1, 0.15) is 0 Å². The lowest BCUT2D eigenvalue weighted by Crippen LogP contribution is -2.44. The fraction of sp³-hybridized carbons (Fsp3) is 0.362. The lowest BCUT2D eigenvalue weighted by Gasteiger charge is -2.49. The van der Waals surface area contributed by atoms with E-state index in [1.807, 2.05) is 11.8 Å². The molecule has 6 aliphatic rings. The normalized spacial score (nSPS) is 27.8. The van der Waals surface area contributed by atoms with Crippen LogP contribution in [0.4, 0.5) is 17.1 Å². The highest BCUT2D eigenvalue weighted by Crippen LogP contribution is 2.72. The smallest absolute Gasteiger partial charge is 0.0551 e. The summed E-state index contributed by atoms with van der Waals surface area (Å²) < 4.78 is 0. The topological polar surface area (TPSA) is 3.24 Å². The molecule has 2 heteroatoms. The number of fused-ring (bicyclic) bond motifs is 3. The third-order valence-electron chi connectivity index (χ3n) is 13.8. The molecule has 0 amide bonds. The average Bonchev–Trinajstić information content (AvgIpc) is 3.53. The van der Waals surface area contributed by atoms with Gasteiger partial charge in [-0.2, -0.15) is 0 Å². The molecule has 1 nitrogen and oxygen atoms in total. The van der Waals surface area contributed by atoms with E-state index in [1.165, 1.54) is 87.6 Å². The molecule has 246 valence electrons. The van der Waals surface area contributed by atoms with Crippen molar-refractivity contribution in [1.82, 2.24) is 0 Å². The predicted molar refractivity (Wildman–Crippen MR) is 206 cm³/mol. The van der Waals surface area contributed by atoms with E-state index in [1.54, 1.807) is 11.1 Å². The van der Waals surface area contributed by atoms with Gasteiger partial charge in [0.05, 0.1) is 5.69 Å². The van der Waals surface area contributed by atoms with Gasteiger partial charge < -0.3 is 4.90 Å². The minimum atomic E-state index is 0.121. The third kappa shape index (κ3) is 4.32. The van der Waals surface area contributed by atoms with Gasteiger partial charge in [0.25, 0.3) is 0 Å². The number of anilines is 3. The van der Waals surface area contributed by atoms with Crippen LogP contribution in [0.15, 0.2) is 125 Å². The third-order valence-corrected chi connectivity index (χ3v) is 14.9. The Balaban J connectivity index is 1.25. The maximum Gasteiger partial charge on any atom is 0.0551 e. The maximum absolute atomic E-state index is 2.68. The number of benzene rings is 5. The van der Waals surface area contributed by atoms with Crippen LogP contribution < -0.4 is 4.90 Å². The van der Waals surface area contributed by atoms with Crippen LogP contribution in [0, 0.1) is 23.7 Å². The first-order chi connectivity index (χ1) is 23.7. The van der Waals surface area contributed by atoms with Crippen LogP contribution >= 0.6 is 11.8 Å². The van der Waals surface area contributed by atoms with Crippen molar-refractivity contribution >= 4 is 28.8 Å². The summed E-state index contributed by atoms with van der Waals surface area (Å²) in [5, 5.41) is 0. The van der Waals surface area contributed by atoms with Gasteiger partial charge in [0.2, 0.25) is 0 Å². The highest BCUT2D eigenvalue weighted by molar-refractivity contribution is 7.99. The van der Waals surface area contributed by atoms with Crippen molar-refractivity contribution in [3.8, 4) is 11.1 Å². The summed E-state index contributed by atoms with van der Waals surface area (Å²) >= 11 is 2.02. The molecule has 5 atom stereocenters. The minimum absolute atomic E-state index is 0.121. The highest BCUT2D eigenvalue weighted by atomic mass is 32.2. The van der Waals surface area contributed by atoms with Crippen LogP contribution in [0.1, 0.15) is 88.5 Å². The molecular weight excluding hydrogens is 611 g/mol. The highest BCUT2D eigenvalue weighted by Gasteiger charge is 2.65. The number of nitrogens with zero attached hydrogens (tertiary/aromatic N) is 1. The van der Waals surface area contributed by atoms with Crippen molar-refractivity contribution in [2.75, 3.05) is 4.90 Å². The zero-order valence-corrected chi connectivity index (χ0v) is 30.2. The first kappa shape index (κ1) is 30.1. The van der Waals surface area contributed by atoms with Crippen molar-refractivity contribution in [1.29, 1.82) is 0 Å². The van der Waals surface area contributed by atoms with E-state index in [4.69, 9.17) is 0 Å². The predicted octanol–water partition coefficient (Wildman–Crippen LogP) is 13.0. The first-order valence-electron chi connectivity index (χ1n) is 18.8. The van der Waals surface area contributed by atoms with Gasteiger partial charge in [0, 0.05) is 32.1 Å².